The number of ether oxygens (including phenoxy) is 1. The van der Waals surface area contributed by atoms with Crippen LogP contribution in [0.2, 0.25) is 5.02 Å². The molecule has 3 rings (SSSR count). The summed E-state index contributed by atoms with van der Waals surface area (Å²) < 4.78 is 11.1. The normalized spacial score (nSPS) is 20.5. The summed E-state index contributed by atoms with van der Waals surface area (Å²) in [4.78, 5) is 14.4. The zero-order valence-electron chi connectivity index (χ0n) is 13.4. The number of nitrogens with zero attached hydrogens (tertiary/aromatic N) is 2. The molecule has 2 heterocycles. The molecule has 1 aromatic heterocycles. The summed E-state index contributed by atoms with van der Waals surface area (Å²) >= 11 is 6.15. The summed E-state index contributed by atoms with van der Waals surface area (Å²) in [6, 6.07) is 8.93. The van der Waals surface area contributed by atoms with E-state index in [1.165, 1.54) is 0 Å². The molecule has 0 N–H and O–H groups in total. The molecule has 1 unspecified atom stereocenters. The predicted molar refractivity (Wildman–Crippen MR) is 87.5 cm³/mol. The van der Waals surface area contributed by atoms with E-state index >= 15 is 0 Å². The lowest BCUT2D eigenvalue weighted by molar-refractivity contribution is -0.119. The lowest BCUT2D eigenvalue weighted by Crippen LogP contribution is -2.53. The van der Waals surface area contributed by atoms with E-state index in [-0.39, 0.29) is 23.3 Å². The van der Waals surface area contributed by atoms with Gasteiger partial charge in [-0.1, -0.05) is 28.9 Å². The van der Waals surface area contributed by atoms with E-state index in [4.69, 9.17) is 20.9 Å². The Morgan fingerprint density at radius 3 is 2.83 bits per heavy atom. The van der Waals surface area contributed by atoms with Gasteiger partial charge < -0.3 is 14.2 Å². The molecule has 6 heteroatoms. The Balaban J connectivity index is 1.83. The van der Waals surface area contributed by atoms with Crippen LogP contribution >= 0.6 is 11.6 Å². The van der Waals surface area contributed by atoms with Gasteiger partial charge in [-0.05, 0) is 32.9 Å². The second kappa shape index (κ2) is 5.98. The van der Waals surface area contributed by atoms with Gasteiger partial charge in [0.05, 0.1) is 16.7 Å². The molecule has 1 aliphatic rings. The third-order valence-corrected chi connectivity index (χ3v) is 4.05. The van der Waals surface area contributed by atoms with E-state index in [9.17, 15) is 4.79 Å². The number of halogens is 1. The smallest absolute Gasteiger partial charge is 0.276 e. The molecule has 1 aliphatic heterocycles. The SMILES string of the molecule is CC1CN(C(=O)c2cc(-c3ccccc3Cl)on2)CC(C)(C)O1. The second-order valence-electron chi connectivity index (χ2n) is 6.43. The van der Waals surface area contributed by atoms with E-state index < -0.39 is 0 Å². The Bertz CT molecular complexity index is 726. The van der Waals surface area contributed by atoms with Crippen molar-refractivity contribution in [3.05, 3.63) is 41.0 Å². The minimum absolute atomic E-state index is 0.0161. The molecule has 1 amide bonds. The summed E-state index contributed by atoms with van der Waals surface area (Å²) in [7, 11) is 0. The van der Waals surface area contributed by atoms with Crippen molar-refractivity contribution in [1.82, 2.24) is 10.1 Å². The zero-order valence-corrected chi connectivity index (χ0v) is 14.1. The number of benzene rings is 1. The number of hydrogen-bond acceptors (Lipinski definition) is 4. The summed E-state index contributed by atoms with van der Waals surface area (Å²) in [5.41, 5.74) is 0.629. The van der Waals surface area contributed by atoms with Gasteiger partial charge in [0.15, 0.2) is 11.5 Å². The Kier molecular flexibility index (Phi) is 4.17. The van der Waals surface area contributed by atoms with Gasteiger partial charge in [-0.25, -0.2) is 0 Å². The van der Waals surface area contributed by atoms with Crippen molar-refractivity contribution in [2.24, 2.45) is 0 Å². The number of carbonyl (C=O) groups excluding carboxylic acids is 1. The molecule has 0 radical (unpaired) electrons. The van der Waals surface area contributed by atoms with Crippen molar-refractivity contribution in [2.75, 3.05) is 13.1 Å². The molecule has 2 aromatic rings. The molecular weight excluding hydrogens is 316 g/mol. The molecule has 5 nitrogen and oxygen atoms in total. The first-order valence-corrected chi connectivity index (χ1v) is 7.92. The van der Waals surface area contributed by atoms with Crippen molar-refractivity contribution in [3.8, 4) is 11.3 Å². The Hall–Kier alpha value is -1.85. The average molecular weight is 335 g/mol. The predicted octanol–water partition coefficient (Wildman–Crippen LogP) is 3.63. The summed E-state index contributed by atoms with van der Waals surface area (Å²) in [5.74, 6) is 0.329. The number of amides is 1. The maximum Gasteiger partial charge on any atom is 0.276 e. The van der Waals surface area contributed by atoms with Crippen molar-refractivity contribution >= 4 is 17.5 Å². The van der Waals surface area contributed by atoms with Crippen molar-refractivity contribution in [2.45, 2.75) is 32.5 Å². The maximum absolute atomic E-state index is 12.7. The first-order chi connectivity index (χ1) is 10.9. The van der Waals surface area contributed by atoms with E-state index in [0.29, 0.717) is 23.9 Å². The molecule has 0 aliphatic carbocycles. The monoisotopic (exact) mass is 334 g/mol. The van der Waals surface area contributed by atoms with Gasteiger partial charge in [-0.3, -0.25) is 4.79 Å². The number of aromatic nitrogens is 1. The first kappa shape index (κ1) is 16.0. The van der Waals surface area contributed by atoms with E-state index in [1.807, 2.05) is 39.0 Å². The van der Waals surface area contributed by atoms with E-state index in [0.717, 1.165) is 5.56 Å². The summed E-state index contributed by atoms with van der Waals surface area (Å²) in [6.07, 6.45) is -0.0161. The quantitative estimate of drug-likeness (QED) is 0.841. The van der Waals surface area contributed by atoms with E-state index in [2.05, 4.69) is 5.16 Å². The largest absolute Gasteiger partial charge is 0.369 e. The molecule has 122 valence electrons. The lowest BCUT2D eigenvalue weighted by atomic mass is 10.1. The molecule has 1 saturated heterocycles. The molecule has 0 bridgehead atoms. The standard InChI is InChI=1S/C17H19ClN2O3/c1-11-9-20(10-17(2,3)22-11)16(21)14-8-15(23-19-14)12-6-4-5-7-13(12)18/h4-8,11H,9-10H2,1-3H3. The molecule has 0 spiro atoms. The topological polar surface area (TPSA) is 55.6 Å². The average Bonchev–Trinajstić information content (AvgIpc) is 2.94. The van der Waals surface area contributed by atoms with Gasteiger partial charge in [0.2, 0.25) is 0 Å². The molecule has 1 atom stereocenters. The molecule has 0 saturated carbocycles. The van der Waals surface area contributed by atoms with Crippen molar-refractivity contribution in [3.63, 3.8) is 0 Å². The Morgan fingerprint density at radius 1 is 1.39 bits per heavy atom. The minimum Gasteiger partial charge on any atom is -0.369 e. The highest BCUT2D eigenvalue weighted by Gasteiger charge is 2.35. The molecule has 1 aromatic carbocycles. The van der Waals surface area contributed by atoms with Crippen LogP contribution in [-0.4, -0.2) is 40.8 Å². The molecule has 1 fully saturated rings. The lowest BCUT2D eigenvalue weighted by Gasteiger charge is -2.41. The fourth-order valence-corrected chi connectivity index (χ4v) is 3.16. The zero-order chi connectivity index (χ0) is 16.6. The van der Waals surface area contributed by atoms with Crippen LogP contribution in [0.3, 0.4) is 0 Å². The fourth-order valence-electron chi connectivity index (χ4n) is 2.93. The van der Waals surface area contributed by atoms with Crippen LogP contribution in [0.4, 0.5) is 0 Å². The Morgan fingerprint density at radius 2 is 2.13 bits per heavy atom. The van der Waals surface area contributed by atoms with Crippen LogP contribution in [0.1, 0.15) is 31.3 Å². The van der Waals surface area contributed by atoms with Crippen molar-refractivity contribution < 1.29 is 14.1 Å². The third kappa shape index (κ3) is 3.41. The van der Waals surface area contributed by atoms with Gasteiger partial charge in [-0.2, -0.15) is 0 Å². The second-order valence-corrected chi connectivity index (χ2v) is 6.84. The summed E-state index contributed by atoms with van der Waals surface area (Å²) in [5, 5.41) is 4.47. The van der Waals surface area contributed by atoms with E-state index in [1.54, 1.807) is 17.0 Å². The first-order valence-electron chi connectivity index (χ1n) is 7.54. The van der Waals surface area contributed by atoms with Gasteiger partial charge in [0, 0.05) is 24.7 Å². The van der Waals surface area contributed by atoms with Gasteiger partial charge in [0.25, 0.3) is 5.91 Å². The van der Waals surface area contributed by atoms with Crippen LogP contribution < -0.4 is 0 Å². The van der Waals surface area contributed by atoms with Gasteiger partial charge in [0.1, 0.15) is 0 Å². The van der Waals surface area contributed by atoms with Crippen molar-refractivity contribution in [1.29, 1.82) is 0 Å². The summed E-state index contributed by atoms with van der Waals surface area (Å²) in [6.45, 7) is 6.96. The number of morpholine rings is 1. The van der Waals surface area contributed by atoms with Crippen LogP contribution in [0.5, 0.6) is 0 Å². The van der Waals surface area contributed by atoms with Crippen LogP contribution in [-0.2, 0) is 4.74 Å². The Labute approximate surface area is 140 Å². The minimum atomic E-state index is -0.372. The molecular formula is C17H19ClN2O3. The molecule has 23 heavy (non-hydrogen) atoms. The highest BCUT2D eigenvalue weighted by atomic mass is 35.5. The number of carbonyl (C=O) groups is 1. The van der Waals surface area contributed by atoms with Gasteiger partial charge >= 0.3 is 0 Å². The third-order valence-electron chi connectivity index (χ3n) is 3.73. The van der Waals surface area contributed by atoms with Crippen LogP contribution in [0.15, 0.2) is 34.9 Å². The fraction of sp³-hybridized carbons (Fsp3) is 0.412. The van der Waals surface area contributed by atoms with Crippen LogP contribution in [0, 0.1) is 0 Å². The van der Waals surface area contributed by atoms with Crippen LogP contribution in [0.25, 0.3) is 11.3 Å². The number of hydrogen-bond donors (Lipinski definition) is 0. The highest BCUT2D eigenvalue weighted by Crippen LogP contribution is 2.29. The number of rotatable bonds is 2. The maximum atomic E-state index is 12.7. The van der Waals surface area contributed by atoms with Gasteiger partial charge in [-0.15, -0.1) is 0 Å². The highest BCUT2D eigenvalue weighted by molar-refractivity contribution is 6.33.